The third kappa shape index (κ3) is 2.31. The fourth-order valence-electron chi connectivity index (χ4n) is 2.27. The predicted molar refractivity (Wildman–Crippen MR) is 64.1 cm³/mol. The lowest BCUT2D eigenvalue weighted by atomic mass is 9.91. The Bertz CT molecular complexity index is 647. The maximum absolute atomic E-state index is 12.4. The summed E-state index contributed by atoms with van der Waals surface area (Å²) in [6.07, 6.45) is -3.06. The Morgan fingerprint density at radius 2 is 1.95 bits per heavy atom. The second kappa shape index (κ2) is 4.38. The highest BCUT2D eigenvalue weighted by atomic mass is 19.4. The normalized spacial score (nSPS) is 17.7. The number of rotatable bonds is 2. The average molecular weight is 300 g/mol. The number of β-amino-alcohol motifs (C(OH)–C–C–N with tert-alkyl or cyclic N) is 1. The number of aromatic nitrogens is 5. The Morgan fingerprint density at radius 3 is 2.43 bits per heavy atom. The average Bonchev–Trinajstić information content (AvgIpc) is 2.81. The maximum Gasteiger partial charge on any atom is 0.435 e. The van der Waals surface area contributed by atoms with Gasteiger partial charge in [0, 0.05) is 7.05 Å². The van der Waals surface area contributed by atoms with Gasteiger partial charge >= 0.3 is 6.18 Å². The van der Waals surface area contributed by atoms with E-state index >= 15 is 0 Å². The third-order valence-electron chi connectivity index (χ3n) is 3.36. The summed E-state index contributed by atoms with van der Waals surface area (Å²) in [6.45, 7) is 0.377. The molecule has 0 bridgehead atoms. The van der Waals surface area contributed by atoms with Crippen LogP contribution >= 0.6 is 0 Å². The zero-order valence-electron chi connectivity index (χ0n) is 10.9. The van der Waals surface area contributed by atoms with Gasteiger partial charge in [-0.3, -0.25) is 0 Å². The molecule has 1 fully saturated rings. The van der Waals surface area contributed by atoms with Gasteiger partial charge in [0.1, 0.15) is 5.60 Å². The molecule has 2 aromatic rings. The number of aryl methyl sites for hydroxylation is 1. The smallest absolute Gasteiger partial charge is 0.380 e. The van der Waals surface area contributed by atoms with Gasteiger partial charge in [0.2, 0.25) is 0 Å². The Morgan fingerprint density at radius 1 is 1.24 bits per heavy atom. The zero-order chi connectivity index (χ0) is 15.3. The van der Waals surface area contributed by atoms with Crippen molar-refractivity contribution >= 4 is 5.82 Å². The number of alkyl halides is 3. The van der Waals surface area contributed by atoms with Gasteiger partial charge in [-0.25, -0.2) is 4.68 Å². The largest absolute Gasteiger partial charge is 0.435 e. The molecule has 1 N–H and O–H groups in total. The van der Waals surface area contributed by atoms with Crippen LogP contribution in [0.25, 0.3) is 0 Å². The lowest BCUT2D eigenvalue weighted by Gasteiger charge is -2.46. The molecular weight excluding hydrogens is 289 g/mol. The second-order valence-electron chi connectivity index (χ2n) is 4.91. The molecule has 1 aliphatic rings. The summed E-state index contributed by atoms with van der Waals surface area (Å²) in [5.41, 5.74) is -1.64. The van der Waals surface area contributed by atoms with Crippen molar-refractivity contribution < 1.29 is 18.3 Å². The Kier molecular flexibility index (Phi) is 2.87. The van der Waals surface area contributed by atoms with Crippen molar-refractivity contribution in [3.63, 3.8) is 0 Å². The van der Waals surface area contributed by atoms with Crippen LogP contribution in [-0.2, 0) is 18.8 Å². The van der Waals surface area contributed by atoms with Gasteiger partial charge in [-0.1, -0.05) is 5.21 Å². The number of hydrogen-bond donors (Lipinski definition) is 1. The minimum absolute atomic E-state index is 0.189. The molecule has 0 aromatic carbocycles. The Balaban J connectivity index is 1.73. The molecule has 10 heteroatoms. The maximum atomic E-state index is 12.4. The summed E-state index contributed by atoms with van der Waals surface area (Å²) in [5, 5.41) is 24.5. The summed E-state index contributed by atoms with van der Waals surface area (Å²) < 4.78 is 38.6. The van der Waals surface area contributed by atoms with E-state index in [2.05, 4.69) is 20.5 Å². The molecule has 7 nitrogen and oxygen atoms in total. The van der Waals surface area contributed by atoms with Crippen LogP contribution in [0, 0.1) is 0 Å². The van der Waals surface area contributed by atoms with E-state index in [1.165, 1.54) is 16.9 Å². The number of nitrogens with zero attached hydrogens (tertiary/aromatic N) is 6. The first-order chi connectivity index (χ1) is 9.79. The molecule has 21 heavy (non-hydrogen) atoms. The number of aliphatic hydroxyl groups is 1. The first-order valence-electron chi connectivity index (χ1n) is 6.03. The molecule has 3 rings (SSSR count). The van der Waals surface area contributed by atoms with E-state index in [4.69, 9.17) is 0 Å². The molecule has 0 amide bonds. The summed E-state index contributed by atoms with van der Waals surface area (Å²) in [5.74, 6) is 0.280. The second-order valence-corrected chi connectivity index (χ2v) is 4.91. The SMILES string of the molecule is Cn1nncc1C1(O)CN(c2ccc(C(F)(F)F)nn2)C1. The van der Waals surface area contributed by atoms with Crippen LogP contribution in [0.1, 0.15) is 11.4 Å². The van der Waals surface area contributed by atoms with E-state index in [0.717, 1.165) is 6.07 Å². The quantitative estimate of drug-likeness (QED) is 0.861. The fourth-order valence-corrected chi connectivity index (χ4v) is 2.27. The lowest BCUT2D eigenvalue weighted by Crippen LogP contribution is -2.60. The van der Waals surface area contributed by atoms with E-state index < -0.39 is 17.5 Å². The van der Waals surface area contributed by atoms with Crippen molar-refractivity contribution in [3.05, 3.63) is 29.7 Å². The van der Waals surface area contributed by atoms with Crippen molar-refractivity contribution in [1.29, 1.82) is 0 Å². The first kappa shape index (κ1) is 13.7. The molecule has 0 spiro atoms. The molecular formula is C11H11F3N6O. The predicted octanol–water partition coefficient (Wildman–Crippen LogP) is 0.332. The molecule has 1 aliphatic heterocycles. The van der Waals surface area contributed by atoms with Crippen LogP contribution < -0.4 is 4.90 Å². The minimum atomic E-state index is -4.51. The highest BCUT2D eigenvalue weighted by molar-refractivity contribution is 5.44. The molecule has 1 saturated heterocycles. The zero-order valence-corrected chi connectivity index (χ0v) is 10.9. The van der Waals surface area contributed by atoms with Gasteiger partial charge in [-0.05, 0) is 12.1 Å². The number of hydrogen-bond acceptors (Lipinski definition) is 6. The molecule has 0 radical (unpaired) electrons. The van der Waals surface area contributed by atoms with Crippen molar-refractivity contribution in [2.45, 2.75) is 11.8 Å². The molecule has 2 aromatic heterocycles. The highest BCUT2D eigenvalue weighted by Gasteiger charge is 2.46. The third-order valence-corrected chi connectivity index (χ3v) is 3.36. The van der Waals surface area contributed by atoms with Crippen LogP contribution in [0.5, 0.6) is 0 Å². The van der Waals surface area contributed by atoms with Crippen molar-refractivity contribution in [3.8, 4) is 0 Å². The van der Waals surface area contributed by atoms with Gasteiger partial charge in [-0.15, -0.1) is 15.3 Å². The van der Waals surface area contributed by atoms with Crippen LogP contribution in [0.15, 0.2) is 18.3 Å². The molecule has 112 valence electrons. The van der Waals surface area contributed by atoms with Crippen molar-refractivity contribution in [2.24, 2.45) is 7.05 Å². The lowest BCUT2D eigenvalue weighted by molar-refractivity contribution is -0.141. The number of anilines is 1. The number of halogens is 3. The molecule has 0 aliphatic carbocycles. The summed E-state index contributed by atoms with van der Waals surface area (Å²) in [7, 11) is 1.65. The first-order valence-corrected chi connectivity index (χ1v) is 6.03. The highest BCUT2D eigenvalue weighted by Crippen LogP contribution is 2.34. The fraction of sp³-hybridized carbons (Fsp3) is 0.455. The van der Waals surface area contributed by atoms with E-state index in [9.17, 15) is 18.3 Å². The van der Waals surface area contributed by atoms with Crippen molar-refractivity contribution in [1.82, 2.24) is 25.2 Å². The summed E-state index contributed by atoms with van der Waals surface area (Å²) in [4.78, 5) is 1.63. The van der Waals surface area contributed by atoms with Crippen molar-refractivity contribution in [2.75, 3.05) is 18.0 Å². The van der Waals surface area contributed by atoms with Crippen LogP contribution in [0.2, 0.25) is 0 Å². The molecule has 0 unspecified atom stereocenters. The Labute approximate surface area is 117 Å². The summed E-state index contributed by atoms with van der Waals surface area (Å²) in [6, 6.07) is 2.10. The van der Waals surface area contributed by atoms with Gasteiger partial charge in [0.05, 0.1) is 25.0 Å². The minimum Gasteiger partial charge on any atom is -0.380 e. The summed E-state index contributed by atoms with van der Waals surface area (Å²) >= 11 is 0. The van der Waals surface area contributed by atoms with E-state index in [0.29, 0.717) is 5.69 Å². The van der Waals surface area contributed by atoms with E-state index in [1.54, 1.807) is 11.9 Å². The van der Waals surface area contributed by atoms with Gasteiger partial charge in [-0.2, -0.15) is 13.2 Å². The standard InChI is InChI=1S/C11H11F3N6O/c1-19-8(4-15-18-19)10(21)5-20(6-10)9-3-2-7(16-17-9)11(12,13)14/h2-4,21H,5-6H2,1H3. The van der Waals surface area contributed by atoms with Gasteiger partial charge in [0.25, 0.3) is 0 Å². The molecule has 0 atom stereocenters. The van der Waals surface area contributed by atoms with Gasteiger partial charge < -0.3 is 10.0 Å². The topological polar surface area (TPSA) is 80.0 Å². The van der Waals surface area contributed by atoms with E-state index in [1.807, 2.05) is 0 Å². The van der Waals surface area contributed by atoms with Gasteiger partial charge in [0.15, 0.2) is 11.5 Å². The van der Waals surface area contributed by atoms with Crippen LogP contribution in [0.4, 0.5) is 19.0 Å². The van der Waals surface area contributed by atoms with Crippen LogP contribution in [0.3, 0.4) is 0 Å². The monoisotopic (exact) mass is 300 g/mol. The molecule has 3 heterocycles. The Hall–Kier alpha value is -2.23. The molecule has 0 saturated carbocycles. The van der Waals surface area contributed by atoms with E-state index in [-0.39, 0.29) is 18.9 Å². The van der Waals surface area contributed by atoms with Crippen LogP contribution in [-0.4, -0.2) is 43.4 Å².